The molecule has 0 saturated heterocycles. The van der Waals surface area contributed by atoms with E-state index >= 15 is 13.2 Å². The topological polar surface area (TPSA) is 101 Å². The molecule has 0 spiro atoms. The first-order valence-corrected chi connectivity index (χ1v) is 11.7. The summed E-state index contributed by atoms with van der Waals surface area (Å²) in [5.74, 6) is -4.72. The third kappa shape index (κ3) is 5.78. The maximum absolute atomic E-state index is 15.2. The number of hydrogen-bond donors (Lipinski definition) is 1. The van der Waals surface area contributed by atoms with Crippen LogP contribution in [-0.2, 0) is 24.6 Å². The third-order valence-corrected chi connectivity index (χ3v) is 5.92. The number of rotatable bonds is 9. The lowest BCUT2D eigenvalue weighted by atomic mass is 9.95. The van der Waals surface area contributed by atoms with Crippen LogP contribution in [-0.4, -0.2) is 14.5 Å². The monoisotopic (exact) mass is 524 g/mol. The number of aryl methyl sites for hydroxylation is 1. The van der Waals surface area contributed by atoms with Gasteiger partial charge in [0.2, 0.25) is 11.3 Å². The molecule has 2 aromatic heterocycles. The first kappa shape index (κ1) is 28.2. The Labute approximate surface area is 217 Å². The maximum atomic E-state index is 15.2. The van der Waals surface area contributed by atoms with Crippen LogP contribution >= 0.6 is 0 Å². The number of hydrogen-bond acceptors (Lipinski definition) is 5. The Morgan fingerprint density at radius 3 is 2.58 bits per heavy atom. The Morgan fingerprint density at radius 1 is 1.26 bits per heavy atom. The summed E-state index contributed by atoms with van der Waals surface area (Å²) in [6.07, 6.45) is 4.18. The minimum atomic E-state index is -3.73. The molecule has 7 nitrogen and oxygen atoms in total. The van der Waals surface area contributed by atoms with Gasteiger partial charge in [-0.2, -0.15) is 14.0 Å². The zero-order valence-electron chi connectivity index (χ0n) is 21.4. The molecule has 0 aliphatic rings. The van der Waals surface area contributed by atoms with Crippen LogP contribution in [0.3, 0.4) is 0 Å². The van der Waals surface area contributed by atoms with Gasteiger partial charge in [0.15, 0.2) is 11.4 Å². The van der Waals surface area contributed by atoms with E-state index in [2.05, 4.69) is 16.5 Å². The molecule has 3 rings (SSSR count). The Hall–Kier alpha value is -4.39. The highest BCUT2D eigenvalue weighted by atomic mass is 19.3. The summed E-state index contributed by atoms with van der Waals surface area (Å²) in [5, 5.41) is 9.46. The highest BCUT2D eigenvalue weighted by Crippen LogP contribution is 2.39. The summed E-state index contributed by atoms with van der Waals surface area (Å²) in [4.78, 5) is 31.7. The Balaban J connectivity index is 2.22. The van der Waals surface area contributed by atoms with Crippen molar-refractivity contribution in [1.29, 1.82) is 5.26 Å². The average molecular weight is 525 g/mol. The maximum Gasteiger partial charge on any atom is 0.314 e. The summed E-state index contributed by atoms with van der Waals surface area (Å²) in [6.45, 7) is 9.01. The summed E-state index contributed by atoms with van der Waals surface area (Å²) in [6, 6.07) is 8.47. The molecule has 0 bridgehead atoms. The van der Waals surface area contributed by atoms with E-state index < -0.39 is 34.2 Å². The van der Waals surface area contributed by atoms with E-state index in [1.165, 1.54) is 49.4 Å². The molecule has 0 amide bonds. The second-order valence-electron chi connectivity index (χ2n) is 8.93. The normalized spacial score (nSPS) is 13.2. The number of alkyl halides is 3. The van der Waals surface area contributed by atoms with Gasteiger partial charge in [-0.3, -0.25) is 14.2 Å². The minimum Gasteiger partial charge on any atom is -0.449 e. The Bertz CT molecular complexity index is 1560. The van der Waals surface area contributed by atoms with Gasteiger partial charge in [0, 0.05) is 11.8 Å². The molecule has 1 N–H and O–H groups in total. The lowest BCUT2D eigenvalue weighted by Gasteiger charge is -2.21. The molecular formula is C28H27F3N4O3. The van der Waals surface area contributed by atoms with Crippen molar-refractivity contribution in [2.45, 2.75) is 52.3 Å². The summed E-state index contributed by atoms with van der Waals surface area (Å²) in [7, 11) is 0. The van der Waals surface area contributed by atoms with E-state index in [1.54, 1.807) is 6.92 Å². The number of benzene rings is 1. The largest absolute Gasteiger partial charge is 0.449 e. The van der Waals surface area contributed by atoms with Crippen LogP contribution in [0, 0.1) is 11.3 Å². The van der Waals surface area contributed by atoms with E-state index in [4.69, 9.17) is 4.74 Å². The Kier molecular flexibility index (Phi) is 8.10. The van der Waals surface area contributed by atoms with Gasteiger partial charge in [-0.05, 0) is 68.2 Å². The molecule has 198 valence electrons. The Morgan fingerprint density at radius 2 is 1.97 bits per heavy atom. The van der Waals surface area contributed by atoms with E-state index in [-0.39, 0.29) is 29.0 Å². The number of ether oxygens (including phenoxy) is 1. The molecule has 0 radical (unpaired) electrons. The van der Waals surface area contributed by atoms with Crippen molar-refractivity contribution in [3.8, 4) is 17.6 Å². The van der Waals surface area contributed by atoms with Crippen molar-refractivity contribution in [2.75, 3.05) is 0 Å². The van der Waals surface area contributed by atoms with Crippen molar-refractivity contribution >= 4 is 0 Å². The van der Waals surface area contributed by atoms with Gasteiger partial charge >= 0.3 is 5.92 Å². The van der Waals surface area contributed by atoms with Gasteiger partial charge < -0.3 is 9.72 Å². The molecule has 0 fully saturated rings. The standard InChI is InChI=1S/C28H27F3N4O3/c1-6-10-27(5,29)20-11-18(14-32)12-21(13-20)38-24-25(28(30,31)17(3)4)33-16-35(26(24)37)15-19-8-9-23(36)34-22(19)7-2/h6,8-13,16H,3,7,15H2,1-2,4-5H3,(H,34,36). The average Bonchev–Trinajstić information content (AvgIpc) is 2.86. The molecule has 38 heavy (non-hydrogen) atoms. The molecule has 0 saturated carbocycles. The fourth-order valence-corrected chi connectivity index (χ4v) is 3.83. The van der Waals surface area contributed by atoms with Crippen LogP contribution < -0.4 is 15.9 Å². The van der Waals surface area contributed by atoms with E-state index in [0.29, 0.717) is 17.7 Å². The number of pyridine rings is 1. The minimum absolute atomic E-state index is 0.00383. The van der Waals surface area contributed by atoms with Crippen molar-refractivity contribution in [1.82, 2.24) is 14.5 Å². The van der Waals surface area contributed by atoms with Crippen LogP contribution in [0.2, 0.25) is 0 Å². The first-order valence-electron chi connectivity index (χ1n) is 11.7. The number of nitrogens with one attached hydrogen (secondary N) is 1. The zero-order chi connectivity index (χ0) is 28.3. The van der Waals surface area contributed by atoms with Crippen LogP contribution in [0.25, 0.3) is 0 Å². The SMILES string of the molecule is C=C(C)C(F)(F)c1ncn(Cc2ccc(=O)[nH]c2CC)c(=O)c1Oc1cc(C#N)cc(C(C)(F)C=CC)c1. The molecule has 1 unspecified atom stereocenters. The van der Waals surface area contributed by atoms with E-state index in [9.17, 15) is 14.9 Å². The van der Waals surface area contributed by atoms with Crippen LogP contribution in [0.15, 0.2) is 70.6 Å². The molecule has 3 aromatic rings. The summed E-state index contributed by atoms with van der Waals surface area (Å²) in [5.41, 5.74) is -3.62. The number of aromatic nitrogens is 3. The number of halogens is 3. The molecule has 2 heterocycles. The first-order chi connectivity index (χ1) is 17.8. The molecule has 0 aliphatic carbocycles. The molecule has 10 heteroatoms. The molecule has 0 aliphatic heterocycles. The van der Waals surface area contributed by atoms with Gasteiger partial charge in [-0.15, -0.1) is 0 Å². The van der Waals surface area contributed by atoms with Crippen molar-refractivity contribution in [2.24, 2.45) is 0 Å². The fraction of sp³-hybridized carbons (Fsp3) is 0.286. The molecule has 1 aromatic carbocycles. The lowest BCUT2D eigenvalue weighted by Crippen LogP contribution is -2.29. The third-order valence-electron chi connectivity index (χ3n) is 5.92. The van der Waals surface area contributed by atoms with Gasteiger partial charge in [0.1, 0.15) is 5.75 Å². The van der Waals surface area contributed by atoms with E-state index in [0.717, 1.165) is 17.8 Å². The van der Waals surface area contributed by atoms with Gasteiger partial charge in [-0.1, -0.05) is 25.6 Å². The number of nitriles is 1. The highest BCUT2D eigenvalue weighted by molar-refractivity contribution is 5.46. The summed E-state index contributed by atoms with van der Waals surface area (Å²) >= 11 is 0. The van der Waals surface area contributed by atoms with Crippen LogP contribution in [0.1, 0.15) is 55.8 Å². The smallest absolute Gasteiger partial charge is 0.314 e. The molecular weight excluding hydrogens is 497 g/mol. The number of nitrogens with zero attached hydrogens (tertiary/aromatic N) is 3. The van der Waals surface area contributed by atoms with Gasteiger partial charge in [0.25, 0.3) is 5.56 Å². The zero-order valence-corrected chi connectivity index (χ0v) is 21.4. The second-order valence-corrected chi connectivity index (χ2v) is 8.93. The lowest BCUT2D eigenvalue weighted by molar-refractivity contribution is 0.0308. The number of aromatic amines is 1. The van der Waals surface area contributed by atoms with E-state index in [1.807, 2.05) is 13.0 Å². The molecule has 1 atom stereocenters. The van der Waals surface area contributed by atoms with Gasteiger partial charge in [-0.25, -0.2) is 9.37 Å². The number of H-pyrrole nitrogens is 1. The highest BCUT2D eigenvalue weighted by Gasteiger charge is 2.40. The fourth-order valence-electron chi connectivity index (χ4n) is 3.83. The quantitative estimate of drug-likeness (QED) is 0.366. The summed E-state index contributed by atoms with van der Waals surface area (Å²) < 4.78 is 52.2. The predicted octanol–water partition coefficient (Wildman–Crippen LogP) is 5.63. The second kappa shape index (κ2) is 10.9. The van der Waals surface area contributed by atoms with Crippen molar-refractivity contribution in [3.63, 3.8) is 0 Å². The van der Waals surface area contributed by atoms with Crippen molar-refractivity contribution in [3.05, 3.63) is 110 Å². The van der Waals surface area contributed by atoms with Crippen molar-refractivity contribution < 1.29 is 17.9 Å². The van der Waals surface area contributed by atoms with Gasteiger partial charge in [0.05, 0.1) is 24.5 Å². The number of allylic oxidation sites excluding steroid dienone is 3. The van der Waals surface area contributed by atoms with Crippen LogP contribution in [0.4, 0.5) is 13.2 Å². The predicted molar refractivity (Wildman–Crippen MR) is 137 cm³/mol. The van der Waals surface area contributed by atoms with Crippen LogP contribution in [0.5, 0.6) is 11.5 Å².